The summed E-state index contributed by atoms with van der Waals surface area (Å²) >= 11 is 0. The maximum atomic E-state index is 5.52. The molecule has 0 saturated carbocycles. The summed E-state index contributed by atoms with van der Waals surface area (Å²) < 4.78 is 15.9. The van der Waals surface area contributed by atoms with Crippen molar-refractivity contribution < 1.29 is 14.2 Å². The van der Waals surface area contributed by atoms with Crippen LogP contribution in [0.15, 0.2) is 18.5 Å². The van der Waals surface area contributed by atoms with Crippen LogP contribution in [0.1, 0.15) is 11.6 Å². The summed E-state index contributed by atoms with van der Waals surface area (Å²) in [7, 11) is 1.65. The molecule has 5 nitrogen and oxygen atoms in total. The van der Waals surface area contributed by atoms with Gasteiger partial charge < -0.3 is 19.5 Å². The van der Waals surface area contributed by atoms with Crippen LogP contribution in [0, 0.1) is 0 Å². The van der Waals surface area contributed by atoms with Crippen LogP contribution < -0.4 is 10.1 Å². The lowest BCUT2D eigenvalue weighted by Crippen LogP contribution is -2.34. The van der Waals surface area contributed by atoms with Crippen molar-refractivity contribution in [2.75, 3.05) is 40.1 Å². The third-order valence-electron chi connectivity index (χ3n) is 2.61. The fourth-order valence-electron chi connectivity index (χ4n) is 1.73. The molecule has 0 spiro atoms. The fourth-order valence-corrected chi connectivity index (χ4v) is 1.73. The summed E-state index contributed by atoms with van der Waals surface area (Å²) in [5, 5.41) is 3.38. The Kier molecular flexibility index (Phi) is 4.73. The van der Waals surface area contributed by atoms with Crippen molar-refractivity contribution >= 4 is 0 Å². The molecular weight excluding hydrogens is 220 g/mol. The van der Waals surface area contributed by atoms with E-state index in [0.29, 0.717) is 19.8 Å². The quantitative estimate of drug-likeness (QED) is 0.768. The van der Waals surface area contributed by atoms with Gasteiger partial charge in [-0.1, -0.05) is 0 Å². The molecule has 0 bridgehead atoms. The highest BCUT2D eigenvalue weighted by molar-refractivity contribution is 5.26. The van der Waals surface area contributed by atoms with Crippen molar-refractivity contribution in [2.24, 2.45) is 0 Å². The van der Waals surface area contributed by atoms with Gasteiger partial charge in [-0.3, -0.25) is 4.98 Å². The molecule has 1 unspecified atom stereocenters. The standard InChI is InChI=1S/C12H18N2O3/c1-15-4-5-17-11-6-10(7-13-8-11)12-9-16-3-2-14-12/h6-8,12,14H,2-5,9H2,1H3. The zero-order valence-electron chi connectivity index (χ0n) is 10.0. The summed E-state index contributed by atoms with van der Waals surface area (Å²) in [6.07, 6.45) is 3.55. The van der Waals surface area contributed by atoms with E-state index in [1.807, 2.05) is 12.3 Å². The third-order valence-corrected chi connectivity index (χ3v) is 2.61. The molecule has 2 heterocycles. The number of nitrogens with one attached hydrogen (secondary N) is 1. The van der Waals surface area contributed by atoms with Gasteiger partial charge >= 0.3 is 0 Å². The summed E-state index contributed by atoms with van der Waals surface area (Å²) in [5.41, 5.74) is 1.10. The van der Waals surface area contributed by atoms with E-state index in [0.717, 1.165) is 24.5 Å². The van der Waals surface area contributed by atoms with Gasteiger partial charge in [0.15, 0.2) is 0 Å². The van der Waals surface area contributed by atoms with Crippen LogP contribution in [-0.2, 0) is 9.47 Å². The van der Waals surface area contributed by atoms with Crippen LogP contribution in [-0.4, -0.2) is 45.1 Å². The molecule has 0 amide bonds. The van der Waals surface area contributed by atoms with Crippen LogP contribution in [0.25, 0.3) is 0 Å². The first-order valence-corrected chi connectivity index (χ1v) is 5.78. The average molecular weight is 238 g/mol. The Morgan fingerprint density at radius 2 is 2.41 bits per heavy atom. The molecule has 0 aliphatic carbocycles. The van der Waals surface area contributed by atoms with Gasteiger partial charge in [0.25, 0.3) is 0 Å². The molecule has 94 valence electrons. The lowest BCUT2D eigenvalue weighted by Gasteiger charge is -2.24. The van der Waals surface area contributed by atoms with Gasteiger partial charge in [-0.25, -0.2) is 0 Å². The van der Waals surface area contributed by atoms with Gasteiger partial charge in [0.05, 0.1) is 32.1 Å². The lowest BCUT2D eigenvalue weighted by atomic mass is 10.1. The molecule has 1 aliphatic heterocycles. The van der Waals surface area contributed by atoms with E-state index < -0.39 is 0 Å². The molecule has 0 aromatic carbocycles. The van der Waals surface area contributed by atoms with E-state index in [1.54, 1.807) is 13.3 Å². The predicted octanol–water partition coefficient (Wildman–Crippen LogP) is 0.768. The van der Waals surface area contributed by atoms with Crippen LogP contribution in [0.3, 0.4) is 0 Å². The van der Waals surface area contributed by atoms with Crippen LogP contribution in [0.2, 0.25) is 0 Å². The van der Waals surface area contributed by atoms with Crippen molar-refractivity contribution in [3.8, 4) is 5.75 Å². The van der Waals surface area contributed by atoms with Crippen LogP contribution in [0.5, 0.6) is 5.75 Å². The SMILES string of the molecule is COCCOc1cncc(C2COCCN2)c1. The number of hydrogen-bond acceptors (Lipinski definition) is 5. The highest BCUT2D eigenvalue weighted by Crippen LogP contribution is 2.19. The van der Waals surface area contributed by atoms with Crippen LogP contribution >= 0.6 is 0 Å². The Hall–Kier alpha value is -1.17. The number of ether oxygens (including phenoxy) is 3. The third kappa shape index (κ3) is 3.66. The van der Waals surface area contributed by atoms with Crippen molar-refractivity contribution in [3.63, 3.8) is 0 Å². The largest absolute Gasteiger partial charge is 0.490 e. The summed E-state index contributed by atoms with van der Waals surface area (Å²) in [5.74, 6) is 0.770. The summed E-state index contributed by atoms with van der Waals surface area (Å²) in [4.78, 5) is 4.18. The Labute approximate surface area is 101 Å². The van der Waals surface area contributed by atoms with Crippen LogP contribution in [0.4, 0.5) is 0 Å². The molecule has 5 heteroatoms. The molecular formula is C12H18N2O3. The second-order valence-electron chi connectivity index (χ2n) is 3.88. The number of nitrogens with zero attached hydrogens (tertiary/aromatic N) is 1. The maximum Gasteiger partial charge on any atom is 0.138 e. The van der Waals surface area contributed by atoms with E-state index in [9.17, 15) is 0 Å². The van der Waals surface area contributed by atoms with Gasteiger partial charge in [0.1, 0.15) is 12.4 Å². The van der Waals surface area contributed by atoms with Crippen molar-refractivity contribution in [1.82, 2.24) is 10.3 Å². The van der Waals surface area contributed by atoms with Gasteiger partial charge in [0, 0.05) is 19.9 Å². The topological polar surface area (TPSA) is 52.6 Å². The molecule has 1 aromatic heterocycles. The number of hydrogen-bond donors (Lipinski definition) is 1. The molecule has 1 aliphatic rings. The molecule has 2 rings (SSSR count). The second-order valence-corrected chi connectivity index (χ2v) is 3.88. The zero-order valence-corrected chi connectivity index (χ0v) is 10.0. The van der Waals surface area contributed by atoms with E-state index >= 15 is 0 Å². The number of morpholine rings is 1. The lowest BCUT2D eigenvalue weighted by molar-refractivity contribution is 0.0766. The Balaban J connectivity index is 1.95. The van der Waals surface area contributed by atoms with Gasteiger partial charge in [0.2, 0.25) is 0 Å². The molecule has 1 fully saturated rings. The first-order valence-electron chi connectivity index (χ1n) is 5.78. The van der Waals surface area contributed by atoms with Gasteiger partial charge in [-0.15, -0.1) is 0 Å². The smallest absolute Gasteiger partial charge is 0.138 e. The van der Waals surface area contributed by atoms with Gasteiger partial charge in [-0.2, -0.15) is 0 Å². The number of pyridine rings is 1. The predicted molar refractivity (Wildman–Crippen MR) is 63.2 cm³/mol. The van der Waals surface area contributed by atoms with Gasteiger partial charge in [-0.05, 0) is 11.6 Å². The summed E-state index contributed by atoms with van der Waals surface area (Å²) in [6.45, 7) is 3.45. The average Bonchev–Trinajstić information content (AvgIpc) is 2.41. The molecule has 17 heavy (non-hydrogen) atoms. The van der Waals surface area contributed by atoms with E-state index in [4.69, 9.17) is 14.2 Å². The minimum Gasteiger partial charge on any atom is -0.490 e. The minimum atomic E-state index is 0.210. The highest BCUT2D eigenvalue weighted by Gasteiger charge is 2.15. The number of aromatic nitrogens is 1. The normalized spacial score (nSPS) is 20.2. The maximum absolute atomic E-state index is 5.52. The molecule has 1 aromatic rings. The molecule has 1 saturated heterocycles. The Bertz CT molecular complexity index is 340. The minimum absolute atomic E-state index is 0.210. The molecule has 1 N–H and O–H groups in total. The molecule has 1 atom stereocenters. The zero-order chi connectivity index (χ0) is 11.9. The number of rotatable bonds is 5. The fraction of sp³-hybridized carbons (Fsp3) is 0.583. The van der Waals surface area contributed by atoms with Crippen molar-refractivity contribution in [1.29, 1.82) is 0 Å². The number of methoxy groups -OCH3 is 1. The second kappa shape index (κ2) is 6.54. The van der Waals surface area contributed by atoms with E-state index in [1.165, 1.54) is 0 Å². The first-order chi connectivity index (χ1) is 8.40. The molecule has 0 radical (unpaired) electrons. The van der Waals surface area contributed by atoms with E-state index in [2.05, 4.69) is 10.3 Å². The highest BCUT2D eigenvalue weighted by atomic mass is 16.5. The van der Waals surface area contributed by atoms with E-state index in [-0.39, 0.29) is 6.04 Å². The Morgan fingerprint density at radius 1 is 1.47 bits per heavy atom. The first kappa shape index (κ1) is 12.3. The van der Waals surface area contributed by atoms with Crippen molar-refractivity contribution in [3.05, 3.63) is 24.0 Å². The Morgan fingerprint density at radius 3 is 3.18 bits per heavy atom. The van der Waals surface area contributed by atoms with Crippen molar-refractivity contribution in [2.45, 2.75) is 6.04 Å². The monoisotopic (exact) mass is 238 g/mol. The summed E-state index contributed by atoms with van der Waals surface area (Å²) in [6, 6.07) is 2.21.